The van der Waals surface area contributed by atoms with E-state index in [1.165, 1.54) is 0 Å². The largest absolute Gasteiger partial charge is 0.481 e. The van der Waals surface area contributed by atoms with Crippen molar-refractivity contribution in [2.75, 3.05) is 18.5 Å². The van der Waals surface area contributed by atoms with Crippen LogP contribution in [0.1, 0.15) is 12.6 Å². The number of aromatic nitrogens is 3. The number of aliphatic carboxylic acids is 1. The van der Waals surface area contributed by atoms with Crippen molar-refractivity contribution in [3.8, 4) is 0 Å². The number of hydrogen-bond acceptors (Lipinski definition) is 4. The second kappa shape index (κ2) is 4.40. The van der Waals surface area contributed by atoms with Gasteiger partial charge in [0.25, 0.3) is 0 Å². The highest BCUT2D eigenvalue weighted by molar-refractivity contribution is 5.69. The molecule has 0 amide bonds. The first-order chi connectivity index (χ1) is 8.10. The quantitative estimate of drug-likeness (QED) is 0.847. The van der Waals surface area contributed by atoms with Crippen LogP contribution in [0.5, 0.6) is 0 Å². The summed E-state index contributed by atoms with van der Waals surface area (Å²) in [4.78, 5) is 16.8. The Morgan fingerprint density at radius 3 is 2.94 bits per heavy atom. The fourth-order valence-corrected chi connectivity index (χ4v) is 1.53. The number of rotatable bonds is 4. The zero-order valence-electron chi connectivity index (χ0n) is 9.79. The Balaban J connectivity index is 2.37. The van der Waals surface area contributed by atoms with Crippen molar-refractivity contribution in [2.45, 2.75) is 13.3 Å². The third kappa shape index (κ3) is 2.35. The van der Waals surface area contributed by atoms with E-state index in [4.69, 9.17) is 5.11 Å². The predicted octanol–water partition coefficient (Wildman–Crippen LogP) is 0.812. The zero-order valence-corrected chi connectivity index (χ0v) is 9.79. The first-order valence-corrected chi connectivity index (χ1v) is 5.38. The smallest absolute Gasteiger partial charge is 0.309 e. The number of carbonyl (C=O) groups is 1. The van der Waals surface area contributed by atoms with Crippen LogP contribution < -0.4 is 4.90 Å². The van der Waals surface area contributed by atoms with Crippen LogP contribution in [0, 0.1) is 0 Å². The Kier molecular flexibility index (Phi) is 2.95. The summed E-state index contributed by atoms with van der Waals surface area (Å²) in [6.45, 7) is 2.89. The summed E-state index contributed by atoms with van der Waals surface area (Å²) in [6, 6.07) is 3.70. The number of imidazole rings is 1. The molecule has 6 nitrogen and oxygen atoms in total. The molecule has 0 aromatic carbocycles. The maximum atomic E-state index is 10.6. The average Bonchev–Trinajstić information content (AvgIpc) is 2.67. The number of anilines is 1. The highest BCUT2D eigenvalue weighted by atomic mass is 16.4. The average molecular weight is 234 g/mol. The summed E-state index contributed by atoms with van der Waals surface area (Å²) in [5.41, 5.74) is 1.18. The SMILES string of the molecule is CCN(C)c1ccc2nc(CC(=O)O)cn2n1. The minimum atomic E-state index is -0.890. The van der Waals surface area contributed by atoms with E-state index >= 15 is 0 Å². The molecule has 0 radical (unpaired) electrons. The van der Waals surface area contributed by atoms with Crippen molar-refractivity contribution in [3.05, 3.63) is 24.0 Å². The van der Waals surface area contributed by atoms with Crippen LogP contribution in [-0.4, -0.2) is 39.3 Å². The molecule has 0 aliphatic carbocycles. The van der Waals surface area contributed by atoms with Gasteiger partial charge in [-0.2, -0.15) is 0 Å². The van der Waals surface area contributed by atoms with Crippen LogP contribution >= 0.6 is 0 Å². The first kappa shape index (κ1) is 11.4. The molecule has 0 aliphatic heterocycles. The monoisotopic (exact) mass is 234 g/mol. The second-order valence-corrected chi connectivity index (χ2v) is 3.81. The summed E-state index contributed by atoms with van der Waals surface area (Å²) in [5, 5.41) is 13.1. The van der Waals surface area contributed by atoms with Gasteiger partial charge in [0.1, 0.15) is 5.82 Å². The van der Waals surface area contributed by atoms with Gasteiger partial charge in [-0.3, -0.25) is 4.79 Å². The van der Waals surface area contributed by atoms with Gasteiger partial charge in [-0.1, -0.05) is 0 Å². The number of carboxylic acid groups (broad SMARTS) is 1. The molecule has 90 valence electrons. The van der Waals surface area contributed by atoms with Crippen LogP contribution in [-0.2, 0) is 11.2 Å². The Bertz CT molecular complexity index is 549. The summed E-state index contributed by atoms with van der Waals surface area (Å²) in [7, 11) is 1.95. The Hall–Kier alpha value is -2.11. The Morgan fingerprint density at radius 2 is 2.29 bits per heavy atom. The van der Waals surface area contributed by atoms with Crippen molar-refractivity contribution in [1.29, 1.82) is 0 Å². The van der Waals surface area contributed by atoms with E-state index in [9.17, 15) is 4.79 Å². The molecule has 0 spiro atoms. The van der Waals surface area contributed by atoms with Gasteiger partial charge in [0.15, 0.2) is 5.65 Å². The molecule has 1 N–H and O–H groups in total. The van der Waals surface area contributed by atoms with Crippen molar-refractivity contribution in [1.82, 2.24) is 14.6 Å². The van der Waals surface area contributed by atoms with Gasteiger partial charge in [-0.05, 0) is 19.1 Å². The molecule has 6 heteroatoms. The molecule has 0 saturated carbocycles. The minimum Gasteiger partial charge on any atom is -0.481 e. The normalized spacial score (nSPS) is 10.7. The van der Waals surface area contributed by atoms with E-state index in [1.54, 1.807) is 10.7 Å². The lowest BCUT2D eigenvalue weighted by Crippen LogP contribution is -2.18. The van der Waals surface area contributed by atoms with Gasteiger partial charge < -0.3 is 10.0 Å². The maximum absolute atomic E-state index is 10.6. The molecule has 0 fully saturated rings. The molecular formula is C11H14N4O2. The second-order valence-electron chi connectivity index (χ2n) is 3.81. The van der Waals surface area contributed by atoms with E-state index in [0.29, 0.717) is 11.3 Å². The first-order valence-electron chi connectivity index (χ1n) is 5.38. The topological polar surface area (TPSA) is 70.7 Å². The van der Waals surface area contributed by atoms with Gasteiger partial charge in [-0.25, -0.2) is 9.50 Å². The fourth-order valence-electron chi connectivity index (χ4n) is 1.53. The molecule has 2 aromatic heterocycles. The van der Waals surface area contributed by atoms with E-state index in [0.717, 1.165) is 12.4 Å². The van der Waals surface area contributed by atoms with Gasteiger partial charge in [-0.15, -0.1) is 5.10 Å². The molecule has 0 atom stereocenters. The van der Waals surface area contributed by atoms with Gasteiger partial charge in [0, 0.05) is 13.6 Å². The Labute approximate surface area is 98.5 Å². The summed E-state index contributed by atoms with van der Waals surface area (Å²) in [6.07, 6.45) is 1.57. The highest BCUT2D eigenvalue weighted by Crippen LogP contribution is 2.11. The van der Waals surface area contributed by atoms with E-state index in [2.05, 4.69) is 10.1 Å². The number of fused-ring (bicyclic) bond motifs is 1. The lowest BCUT2D eigenvalue weighted by molar-refractivity contribution is -0.136. The van der Waals surface area contributed by atoms with E-state index in [-0.39, 0.29) is 6.42 Å². The number of hydrogen-bond donors (Lipinski definition) is 1. The zero-order chi connectivity index (χ0) is 12.4. The molecular weight excluding hydrogens is 220 g/mol. The molecule has 2 aromatic rings. The van der Waals surface area contributed by atoms with Gasteiger partial charge in [0.05, 0.1) is 18.3 Å². The standard InChI is InChI=1S/C11H14N4O2/c1-3-14(2)10-5-4-9-12-8(6-11(16)17)7-15(9)13-10/h4-5,7H,3,6H2,1-2H3,(H,16,17). The van der Waals surface area contributed by atoms with Crippen molar-refractivity contribution < 1.29 is 9.90 Å². The number of carboxylic acids is 1. The molecule has 17 heavy (non-hydrogen) atoms. The van der Waals surface area contributed by atoms with Crippen molar-refractivity contribution in [3.63, 3.8) is 0 Å². The molecule has 0 bridgehead atoms. The lowest BCUT2D eigenvalue weighted by Gasteiger charge is -2.14. The maximum Gasteiger partial charge on any atom is 0.309 e. The molecule has 0 unspecified atom stereocenters. The van der Waals surface area contributed by atoms with Crippen LogP contribution in [0.25, 0.3) is 5.65 Å². The molecule has 0 aliphatic rings. The Morgan fingerprint density at radius 1 is 1.53 bits per heavy atom. The fraction of sp³-hybridized carbons (Fsp3) is 0.364. The van der Waals surface area contributed by atoms with Crippen LogP contribution in [0.4, 0.5) is 5.82 Å². The van der Waals surface area contributed by atoms with Crippen LogP contribution in [0.2, 0.25) is 0 Å². The summed E-state index contributed by atoms with van der Waals surface area (Å²) < 4.78 is 1.61. The van der Waals surface area contributed by atoms with Crippen molar-refractivity contribution in [2.24, 2.45) is 0 Å². The minimum absolute atomic E-state index is 0.0810. The lowest BCUT2D eigenvalue weighted by atomic mass is 10.3. The molecule has 2 heterocycles. The third-order valence-electron chi connectivity index (χ3n) is 2.55. The molecule has 2 rings (SSSR count). The highest BCUT2D eigenvalue weighted by Gasteiger charge is 2.08. The van der Waals surface area contributed by atoms with Crippen LogP contribution in [0.3, 0.4) is 0 Å². The van der Waals surface area contributed by atoms with Crippen LogP contribution in [0.15, 0.2) is 18.3 Å². The molecule has 0 saturated heterocycles. The predicted molar refractivity (Wildman–Crippen MR) is 63.3 cm³/mol. The summed E-state index contributed by atoms with van der Waals surface area (Å²) >= 11 is 0. The van der Waals surface area contributed by atoms with Crippen molar-refractivity contribution >= 4 is 17.4 Å². The van der Waals surface area contributed by atoms with E-state index in [1.807, 2.05) is 31.0 Å². The third-order valence-corrected chi connectivity index (χ3v) is 2.55. The van der Waals surface area contributed by atoms with Gasteiger partial charge >= 0.3 is 5.97 Å². The summed E-state index contributed by atoms with van der Waals surface area (Å²) in [5.74, 6) is -0.0569. The van der Waals surface area contributed by atoms with E-state index < -0.39 is 5.97 Å². The number of nitrogens with zero attached hydrogens (tertiary/aromatic N) is 4. The van der Waals surface area contributed by atoms with Gasteiger partial charge in [0.2, 0.25) is 0 Å².